The van der Waals surface area contributed by atoms with Crippen LogP contribution in [-0.2, 0) is 0 Å². The number of pyridine rings is 1. The van der Waals surface area contributed by atoms with Gasteiger partial charge in [-0.1, -0.05) is 18.2 Å². The van der Waals surface area contributed by atoms with E-state index in [1.807, 2.05) is 42.2 Å². The van der Waals surface area contributed by atoms with Crippen LogP contribution in [0.5, 0.6) is 0 Å². The molecule has 0 saturated carbocycles. The lowest BCUT2D eigenvalue weighted by molar-refractivity contribution is 0.0935. The van der Waals surface area contributed by atoms with Crippen LogP contribution in [0.25, 0.3) is 10.8 Å². The van der Waals surface area contributed by atoms with Gasteiger partial charge in [0.1, 0.15) is 0 Å². The first-order valence-corrected chi connectivity index (χ1v) is 6.96. The molecule has 0 amide bonds. The van der Waals surface area contributed by atoms with E-state index in [0.29, 0.717) is 5.78 Å². The minimum absolute atomic E-state index is 0.207. The molecule has 2 nitrogen and oxygen atoms in total. The monoisotopic (exact) mass is 243 g/mol. The van der Waals surface area contributed by atoms with Crippen molar-refractivity contribution in [2.24, 2.45) is 5.92 Å². The number of rotatable bonds is 2. The Balaban J connectivity index is 2.07. The highest BCUT2D eigenvalue weighted by Gasteiger charge is 2.25. The molecule has 0 N–H and O–H groups in total. The molecule has 3 heteroatoms. The molecular weight excluding hydrogens is 230 g/mol. The Bertz CT molecular complexity index is 556. The van der Waals surface area contributed by atoms with E-state index in [1.165, 1.54) is 0 Å². The second-order valence-electron chi connectivity index (χ2n) is 4.33. The molecular formula is C14H13NOS. The van der Waals surface area contributed by atoms with Crippen LogP contribution in [0, 0.1) is 5.92 Å². The van der Waals surface area contributed by atoms with Crippen molar-refractivity contribution >= 4 is 28.3 Å². The van der Waals surface area contributed by atoms with Crippen LogP contribution in [0.3, 0.4) is 0 Å². The molecule has 1 atom stereocenters. The summed E-state index contributed by atoms with van der Waals surface area (Å²) in [6, 6.07) is 7.82. The summed E-state index contributed by atoms with van der Waals surface area (Å²) >= 11 is 1.88. The third kappa shape index (κ3) is 1.95. The molecule has 1 aromatic carbocycles. The number of thioether (sulfide) groups is 1. The van der Waals surface area contributed by atoms with Gasteiger partial charge < -0.3 is 0 Å². The predicted molar refractivity (Wildman–Crippen MR) is 71.5 cm³/mol. The summed E-state index contributed by atoms with van der Waals surface area (Å²) < 4.78 is 0. The molecule has 0 radical (unpaired) electrons. The number of hydrogen-bond acceptors (Lipinski definition) is 3. The minimum Gasteiger partial charge on any atom is -0.294 e. The molecule has 2 heterocycles. The second kappa shape index (κ2) is 4.49. The summed E-state index contributed by atoms with van der Waals surface area (Å²) in [5, 5.41) is 2.08. The van der Waals surface area contributed by atoms with Gasteiger partial charge in [-0.2, -0.15) is 11.8 Å². The van der Waals surface area contributed by atoms with E-state index in [9.17, 15) is 4.79 Å². The predicted octanol–water partition coefficient (Wildman–Crippen LogP) is 3.17. The van der Waals surface area contributed by atoms with Crippen molar-refractivity contribution in [1.82, 2.24) is 4.98 Å². The van der Waals surface area contributed by atoms with Crippen LogP contribution in [-0.4, -0.2) is 22.3 Å². The third-order valence-electron chi connectivity index (χ3n) is 3.25. The highest BCUT2D eigenvalue weighted by molar-refractivity contribution is 7.99. The molecule has 1 unspecified atom stereocenters. The summed E-state index contributed by atoms with van der Waals surface area (Å²) in [6.45, 7) is 0. The highest BCUT2D eigenvalue weighted by Crippen LogP contribution is 2.29. The van der Waals surface area contributed by atoms with E-state index >= 15 is 0 Å². The first-order chi connectivity index (χ1) is 8.36. The number of Topliss-reactive ketones (excluding diaryl/α,β-unsaturated/α-hetero) is 1. The number of fused-ring (bicyclic) bond motifs is 1. The summed E-state index contributed by atoms with van der Waals surface area (Å²) in [6.07, 6.45) is 4.59. The Labute approximate surface area is 104 Å². The third-order valence-corrected chi connectivity index (χ3v) is 4.41. The quantitative estimate of drug-likeness (QED) is 0.759. The van der Waals surface area contributed by atoms with Gasteiger partial charge in [-0.05, 0) is 23.6 Å². The van der Waals surface area contributed by atoms with Crippen molar-refractivity contribution in [2.45, 2.75) is 6.42 Å². The van der Waals surface area contributed by atoms with Crippen molar-refractivity contribution < 1.29 is 4.79 Å². The molecule has 0 aliphatic carbocycles. The maximum atomic E-state index is 12.4. The zero-order valence-corrected chi connectivity index (χ0v) is 10.2. The number of ketones is 1. The number of nitrogens with zero attached hydrogens (tertiary/aromatic N) is 1. The second-order valence-corrected chi connectivity index (χ2v) is 5.48. The summed E-state index contributed by atoms with van der Waals surface area (Å²) in [5.74, 6) is 2.59. The average molecular weight is 243 g/mol. The zero-order valence-electron chi connectivity index (χ0n) is 9.43. The van der Waals surface area contributed by atoms with Crippen LogP contribution in [0.4, 0.5) is 0 Å². The highest BCUT2D eigenvalue weighted by atomic mass is 32.2. The Hall–Kier alpha value is -1.35. The molecule has 0 spiro atoms. The average Bonchev–Trinajstić information content (AvgIpc) is 2.91. The molecule has 1 aliphatic rings. The van der Waals surface area contributed by atoms with E-state index in [2.05, 4.69) is 4.98 Å². The van der Waals surface area contributed by atoms with E-state index < -0.39 is 0 Å². The van der Waals surface area contributed by atoms with E-state index in [4.69, 9.17) is 0 Å². The van der Waals surface area contributed by atoms with Crippen LogP contribution in [0.2, 0.25) is 0 Å². The standard InChI is InChI=1S/C14H13NOS/c16-14(11-5-7-17-9-11)13-3-1-2-10-8-15-6-4-12(10)13/h1-4,6,8,11H,5,7,9H2. The molecule has 2 aromatic rings. The first kappa shape index (κ1) is 10.8. The smallest absolute Gasteiger partial charge is 0.167 e. The molecule has 1 saturated heterocycles. The zero-order chi connectivity index (χ0) is 11.7. The number of carbonyl (C=O) groups excluding carboxylic acids is 1. The number of aromatic nitrogens is 1. The van der Waals surface area contributed by atoms with Crippen LogP contribution < -0.4 is 0 Å². The fourth-order valence-corrected chi connectivity index (χ4v) is 3.52. The topological polar surface area (TPSA) is 30.0 Å². The fourth-order valence-electron chi connectivity index (χ4n) is 2.30. The van der Waals surface area contributed by atoms with Gasteiger partial charge in [-0.25, -0.2) is 0 Å². The summed E-state index contributed by atoms with van der Waals surface area (Å²) in [7, 11) is 0. The Morgan fingerprint density at radius 3 is 3.12 bits per heavy atom. The van der Waals surface area contributed by atoms with Crippen LogP contribution in [0.15, 0.2) is 36.7 Å². The van der Waals surface area contributed by atoms with Crippen molar-refractivity contribution in [2.75, 3.05) is 11.5 Å². The van der Waals surface area contributed by atoms with E-state index in [1.54, 1.807) is 6.20 Å². The van der Waals surface area contributed by atoms with Gasteiger partial charge in [0.25, 0.3) is 0 Å². The van der Waals surface area contributed by atoms with E-state index in [-0.39, 0.29) is 5.92 Å². The molecule has 0 bridgehead atoms. The molecule has 17 heavy (non-hydrogen) atoms. The molecule has 1 fully saturated rings. The van der Waals surface area contributed by atoms with Crippen molar-refractivity contribution in [3.05, 3.63) is 42.2 Å². The van der Waals surface area contributed by atoms with Gasteiger partial charge in [-0.3, -0.25) is 9.78 Å². The SMILES string of the molecule is O=C(c1cccc2cnccc12)C1CCSC1. The van der Waals surface area contributed by atoms with Crippen molar-refractivity contribution in [1.29, 1.82) is 0 Å². The van der Waals surface area contributed by atoms with Crippen molar-refractivity contribution in [3.63, 3.8) is 0 Å². The molecule has 3 rings (SSSR count). The largest absolute Gasteiger partial charge is 0.294 e. The number of carbonyl (C=O) groups is 1. The molecule has 1 aliphatic heterocycles. The Morgan fingerprint density at radius 2 is 2.29 bits per heavy atom. The number of hydrogen-bond donors (Lipinski definition) is 0. The lowest BCUT2D eigenvalue weighted by atomic mass is 9.94. The van der Waals surface area contributed by atoms with Gasteiger partial charge in [0.15, 0.2) is 5.78 Å². The Morgan fingerprint density at radius 1 is 1.35 bits per heavy atom. The lowest BCUT2D eigenvalue weighted by Gasteiger charge is -2.09. The van der Waals surface area contributed by atoms with Gasteiger partial charge in [0, 0.05) is 35.0 Å². The van der Waals surface area contributed by atoms with E-state index in [0.717, 1.165) is 34.3 Å². The first-order valence-electron chi connectivity index (χ1n) is 5.81. The lowest BCUT2D eigenvalue weighted by Crippen LogP contribution is -2.14. The van der Waals surface area contributed by atoms with Crippen molar-refractivity contribution in [3.8, 4) is 0 Å². The normalized spacial score (nSPS) is 19.6. The minimum atomic E-state index is 0.207. The summed E-state index contributed by atoms with van der Waals surface area (Å²) in [5.41, 5.74) is 0.859. The summed E-state index contributed by atoms with van der Waals surface area (Å²) in [4.78, 5) is 16.5. The number of benzene rings is 1. The fraction of sp³-hybridized carbons (Fsp3) is 0.286. The van der Waals surface area contributed by atoms with Gasteiger partial charge in [0.05, 0.1) is 0 Å². The molecule has 86 valence electrons. The maximum absolute atomic E-state index is 12.4. The van der Waals surface area contributed by atoms with Crippen LogP contribution in [0.1, 0.15) is 16.8 Å². The molecule has 1 aromatic heterocycles. The maximum Gasteiger partial charge on any atom is 0.167 e. The Kier molecular flexibility index (Phi) is 2.85. The van der Waals surface area contributed by atoms with Gasteiger partial charge in [-0.15, -0.1) is 0 Å². The van der Waals surface area contributed by atoms with Gasteiger partial charge in [0.2, 0.25) is 0 Å². The van der Waals surface area contributed by atoms with Crippen LogP contribution >= 0.6 is 11.8 Å². The van der Waals surface area contributed by atoms with Gasteiger partial charge >= 0.3 is 0 Å².